The van der Waals surface area contributed by atoms with E-state index in [0.717, 1.165) is 12.1 Å². The summed E-state index contributed by atoms with van der Waals surface area (Å²) in [6.45, 7) is -0.0141. The fourth-order valence-corrected chi connectivity index (χ4v) is 3.37. The Morgan fingerprint density at radius 3 is 2.17 bits per heavy atom. The number of aliphatic hydroxyl groups excluding tert-OH is 1. The number of ketones is 1. The largest absolute Gasteiger partial charge is 0.507 e. The van der Waals surface area contributed by atoms with Crippen LogP contribution in [0.15, 0.2) is 76.9 Å². The van der Waals surface area contributed by atoms with Gasteiger partial charge in [0.2, 0.25) is 0 Å². The van der Waals surface area contributed by atoms with Crippen molar-refractivity contribution in [3.05, 3.63) is 101 Å². The molecule has 1 amide bonds. The minimum atomic E-state index is -0.953. The van der Waals surface area contributed by atoms with Crippen molar-refractivity contribution >= 4 is 17.4 Å². The van der Waals surface area contributed by atoms with Gasteiger partial charge in [-0.25, -0.2) is 8.78 Å². The molecule has 2 aromatic carbocycles. The number of hydrogen-bond acceptors (Lipinski definition) is 4. The standard InChI is InChI=1S/C22H15F2NO4/c23-15-7-3-13(4-8-15)19-18(20(26)14-5-9-16(24)10-6-14)21(27)22(28)25(19)12-17-2-1-11-29-17/h1-11,19,26H,12H2/b20-18-. The Balaban J connectivity index is 1.86. The zero-order chi connectivity index (χ0) is 20.5. The third-order valence-corrected chi connectivity index (χ3v) is 4.75. The van der Waals surface area contributed by atoms with Crippen LogP contribution in [0.25, 0.3) is 5.76 Å². The molecule has 1 atom stereocenters. The van der Waals surface area contributed by atoms with E-state index in [2.05, 4.69) is 0 Å². The molecule has 0 aliphatic carbocycles. The lowest BCUT2D eigenvalue weighted by Gasteiger charge is -2.24. The minimum absolute atomic E-state index is 0.0141. The lowest BCUT2D eigenvalue weighted by Crippen LogP contribution is -2.29. The van der Waals surface area contributed by atoms with Crippen molar-refractivity contribution in [3.8, 4) is 0 Å². The summed E-state index contributed by atoms with van der Waals surface area (Å²) in [6.07, 6.45) is 1.44. The van der Waals surface area contributed by atoms with E-state index in [9.17, 15) is 23.5 Å². The SMILES string of the molecule is O=C1C(=O)N(Cc2ccco2)C(c2ccc(F)cc2)/C1=C(/O)c1ccc(F)cc1. The van der Waals surface area contributed by atoms with Gasteiger partial charge in [-0.3, -0.25) is 9.59 Å². The summed E-state index contributed by atoms with van der Waals surface area (Å²) in [5.74, 6) is -2.67. The van der Waals surface area contributed by atoms with Gasteiger partial charge in [0, 0.05) is 5.56 Å². The monoisotopic (exact) mass is 395 g/mol. The number of nitrogens with zero attached hydrogens (tertiary/aromatic N) is 1. The van der Waals surface area contributed by atoms with E-state index in [1.165, 1.54) is 47.6 Å². The molecule has 0 spiro atoms. The number of halogens is 2. The molecule has 1 aromatic heterocycles. The summed E-state index contributed by atoms with van der Waals surface area (Å²) in [7, 11) is 0. The third-order valence-electron chi connectivity index (χ3n) is 4.75. The van der Waals surface area contributed by atoms with Crippen LogP contribution in [-0.4, -0.2) is 21.7 Å². The molecule has 1 unspecified atom stereocenters. The molecule has 3 aromatic rings. The maximum atomic E-state index is 13.4. The minimum Gasteiger partial charge on any atom is -0.507 e. The van der Waals surface area contributed by atoms with Gasteiger partial charge in [0.1, 0.15) is 23.2 Å². The Bertz CT molecular complexity index is 1090. The van der Waals surface area contributed by atoms with Gasteiger partial charge >= 0.3 is 0 Å². The molecule has 1 aliphatic rings. The number of amides is 1. The Kier molecular flexibility index (Phi) is 4.72. The van der Waals surface area contributed by atoms with Crippen LogP contribution in [0.5, 0.6) is 0 Å². The predicted molar refractivity (Wildman–Crippen MR) is 99.4 cm³/mol. The number of likely N-dealkylation sites (tertiary alicyclic amines) is 1. The quantitative estimate of drug-likeness (QED) is 0.409. The van der Waals surface area contributed by atoms with Gasteiger partial charge in [-0.2, -0.15) is 0 Å². The van der Waals surface area contributed by atoms with Gasteiger partial charge < -0.3 is 14.4 Å². The van der Waals surface area contributed by atoms with E-state index < -0.39 is 35.1 Å². The van der Waals surface area contributed by atoms with Gasteiger partial charge in [0.25, 0.3) is 11.7 Å². The van der Waals surface area contributed by atoms with E-state index in [-0.39, 0.29) is 17.7 Å². The van der Waals surface area contributed by atoms with Crippen molar-refractivity contribution in [2.24, 2.45) is 0 Å². The lowest BCUT2D eigenvalue weighted by molar-refractivity contribution is -0.140. The fourth-order valence-electron chi connectivity index (χ4n) is 3.37. The van der Waals surface area contributed by atoms with Crippen LogP contribution < -0.4 is 0 Å². The third kappa shape index (κ3) is 3.42. The molecule has 146 valence electrons. The highest BCUT2D eigenvalue weighted by Gasteiger charge is 2.46. The fraction of sp³-hybridized carbons (Fsp3) is 0.0909. The van der Waals surface area contributed by atoms with Crippen LogP contribution in [0.2, 0.25) is 0 Å². The summed E-state index contributed by atoms with van der Waals surface area (Å²) in [5.41, 5.74) is 0.482. The normalized spacial score (nSPS) is 18.4. The van der Waals surface area contributed by atoms with Crippen molar-refractivity contribution in [1.82, 2.24) is 4.90 Å². The number of Topliss-reactive ketones (excluding diaryl/α,β-unsaturated/α-hetero) is 1. The van der Waals surface area contributed by atoms with Crippen LogP contribution in [0.3, 0.4) is 0 Å². The highest BCUT2D eigenvalue weighted by atomic mass is 19.1. The number of aliphatic hydroxyl groups is 1. The molecule has 1 N–H and O–H groups in total. The van der Waals surface area contributed by atoms with Crippen LogP contribution in [0.1, 0.15) is 22.9 Å². The number of carbonyl (C=O) groups is 2. The molecule has 0 radical (unpaired) electrons. The summed E-state index contributed by atoms with van der Waals surface area (Å²) in [6, 6.07) is 12.6. The Morgan fingerprint density at radius 2 is 1.59 bits per heavy atom. The number of carbonyl (C=O) groups excluding carboxylic acids is 2. The van der Waals surface area contributed by atoms with Gasteiger partial charge in [0.15, 0.2) is 0 Å². The van der Waals surface area contributed by atoms with Gasteiger partial charge in [-0.05, 0) is 54.1 Å². The van der Waals surface area contributed by atoms with E-state index in [1.807, 2.05) is 0 Å². The number of benzene rings is 2. The van der Waals surface area contributed by atoms with Crippen molar-refractivity contribution < 1.29 is 27.9 Å². The van der Waals surface area contributed by atoms with Crippen LogP contribution >= 0.6 is 0 Å². The highest BCUT2D eigenvalue weighted by molar-refractivity contribution is 6.46. The van der Waals surface area contributed by atoms with E-state index >= 15 is 0 Å². The second-order valence-corrected chi connectivity index (χ2v) is 6.56. The van der Waals surface area contributed by atoms with E-state index in [0.29, 0.717) is 11.3 Å². The number of furan rings is 1. The van der Waals surface area contributed by atoms with Crippen LogP contribution in [-0.2, 0) is 16.1 Å². The van der Waals surface area contributed by atoms with Crippen LogP contribution in [0, 0.1) is 11.6 Å². The molecule has 1 fully saturated rings. The first-order valence-corrected chi connectivity index (χ1v) is 8.78. The Morgan fingerprint density at radius 1 is 0.966 bits per heavy atom. The maximum Gasteiger partial charge on any atom is 0.296 e. The summed E-state index contributed by atoms with van der Waals surface area (Å²) >= 11 is 0. The van der Waals surface area contributed by atoms with E-state index in [4.69, 9.17) is 4.42 Å². The second-order valence-electron chi connectivity index (χ2n) is 6.56. The van der Waals surface area contributed by atoms with Gasteiger partial charge in [0.05, 0.1) is 24.4 Å². The summed E-state index contributed by atoms with van der Waals surface area (Å²) in [5, 5.41) is 10.8. The second kappa shape index (κ2) is 7.35. The molecular weight excluding hydrogens is 380 g/mol. The average Bonchev–Trinajstić information content (AvgIpc) is 3.31. The number of rotatable bonds is 4. The van der Waals surface area contributed by atoms with Crippen LogP contribution in [0.4, 0.5) is 8.78 Å². The molecule has 0 bridgehead atoms. The van der Waals surface area contributed by atoms with Crippen molar-refractivity contribution in [1.29, 1.82) is 0 Å². The predicted octanol–water partition coefficient (Wildman–Crippen LogP) is 4.18. The molecule has 1 saturated heterocycles. The molecule has 29 heavy (non-hydrogen) atoms. The first-order chi connectivity index (χ1) is 14.0. The zero-order valence-electron chi connectivity index (χ0n) is 15.0. The first kappa shape index (κ1) is 18.6. The maximum absolute atomic E-state index is 13.4. The van der Waals surface area contributed by atoms with E-state index in [1.54, 1.807) is 12.1 Å². The number of hydrogen-bond donors (Lipinski definition) is 1. The van der Waals surface area contributed by atoms with Crippen molar-refractivity contribution in [2.45, 2.75) is 12.6 Å². The summed E-state index contributed by atoms with van der Waals surface area (Å²) < 4.78 is 32.0. The molecule has 2 heterocycles. The molecule has 7 heteroatoms. The van der Waals surface area contributed by atoms with Gasteiger partial charge in [-0.1, -0.05) is 12.1 Å². The van der Waals surface area contributed by atoms with Gasteiger partial charge in [-0.15, -0.1) is 0 Å². The Labute approximate surface area is 164 Å². The highest BCUT2D eigenvalue weighted by Crippen LogP contribution is 2.40. The Hall–Kier alpha value is -3.74. The summed E-state index contributed by atoms with van der Waals surface area (Å²) in [4.78, 5) is 26.8. The first-order valence-electron chi connectivity index (χ1n) is 8.78. The molecule has 5 nitrogen and oxygen atoms in total. The molecule has 1 aliphatic heterocycles. The van der Waals surface area contributed by atoms with Crippen molar-refractivity contribution in [3.63, 3.8) is 0 Å². The molecular formula is C22H15F2NO4. The lowest BCUT2D eigenvalue weighted by atomic mass is 9.95. The average molecular weight is 395 g/mol. The zero-order valence-corrected chi connectivity index (χ0v) is 15.0. The smallest absolute Gasteiger partial charge is 0.296 e. The topological polar surface area (TPSA) is 70.8 Å². The van der Waals surface area contributed by atoms with Crippen molar-refractivity contribution in [2.75, 3.05) is 0 Å². The molecule has 0 saturated carbocycles. The molecule has 4 rings (SSSR count).